The summed E-state index contributed by atoms with van der Waals surface area (Å²) in [5, 5.41) is 21.5. The number of amidine groups is 1. The molecule has 4 N–H and O–H groups in total. The van der Waals surface area contributed by atoms with Crippen LogP contribution < -0.4 is 10.6 Å². The van der Waals surface area contributed by atoms with Crippen LogP contribution in [0.15, 0.2) is 27.8 Å². The van der Waals surface area contributed by atoms with Crippen molar-refractivity contribution in [2.45, 2.75) is 25.6 Å². The minimum atomic E-state index is -0.388. The molecule has 1 saturated heterocycles. The number of nitrogens with zero attached hydrogens (tertiary/aromatic N) is 2. The van der Waals surface area contributed by atoms with Crippen LogP contribution in [0.4, 0.5) is 5.69 Å². The van der Waals surface area contributed by atoms with E-state index in [0.29, 0.717) is 18.7 Å². The second kappa shape index (κ2) is 6.21. The molecule has 2 rings (SSSR count). The molecule has 1 fully saturated rings. The molecule has 1 atom stereocenters. The third-order valence-electron chi connectivity index (χ3n) is 3.37. The van der Waals surface area contributed by atoms with Crippen molar-refractivity contribution in [2.24, 2.45) is 10.9 Å². The number of rotatable bonds is 3. The average Bonchev–Trinajstić information content (AvgIpc) is 2.44. The van der Waals surface area contributed by atoms with E-state index in [1.807, 2.05) is 26.0 Å². The van der Waals surface area contributed by atoms with Gasteiger partial charge in [-0.2, -0.15) is 0 Å². The zero-order valence-electron chi connectivity index (χ0n) is 12.1. The molecule has 1 aliphatic rings. The summed E-state index contributed by atoms with van der Waals surface area (Å²) >= 11 is 3.39. The number of oxime groups is 1. The Morgan fingerprint density at radius 1 is 1.57 bits per heavy atom. The van der Waals surface area contributed by atoms with Crippen molar-refractivity contribution in [1.82, 2.24) is 0 Å². The van der Waals surface area contributed by atoms with E-state index < -0.39 is 0 Å². The van der Waals surface area contributed by atoms with E-state index in [-0.39, 0.29) is 24.1 Å². The number of morpholine rings is 1. The molecule has 0 aromatic heterocycles. The quantitative estimate of drug-likeness (QED) is 0.330. The summed E-state index contributed by atoms with van der Waals surface area (Å²) in [4.78, 5) is 2.09. The molecular weight excluding hydrogens is 338 g/mol. The summed E-state index contributed by atoms with van der Waals surface area (Å²) in [5.41, 5.74) is 6.88. The first-order valence-electron chi connectivity index (χ1n) is 6.67. The fraction of sp³-hybridized carbons (Fsp3) is 0.500. The molecule has 116 valence electrons. The van der Waals surface area contributed by atoms with Crippen molar-refractivity contribution >= 4 is 27.5 Å². The van der Waals surface area contributed by atoms with Gasteiger partial charge in [0, 0.05) is 28.8 Å². The van der Waals surface area contributed by atoms with Gasteiger partial charge in [0.2, 0.25) is 0 Å². The van der Waals surface area contributed by atoms with Gasteiger partial charge >= 0.3 is 0 Å². The third-order valence-corrected chi connectivity index (χ3v) is 3.86. The van der Waals surface area contributed by atoms with Crippen molar-refractivity contribution < 1.29 is 15.1 Å². The van der Waals surface area contributed by atoms with Crippen LogP contribution in [0.25, 0.3) is 0 Å². The lowest BCUT2D eigenvalue weighted by molar-refractivity contribution is -0.101. The maximum atomic E-state index is 9.41. The molecule has 1 aromatic rings. The van der Waals surface area contributed by atoms with Crippen molar-refractivity contribution in [3.05, 3.63) is 28.2 Å². The highest BCUT2D eigenvalue weighted by molar-refractivity contribution is 9.10. The zero-order valence-corrected chi connectivity index (χ0v) is 13.7. The number of hydrogen-bond acceptors (Lipinski definition) is 5. The van der Waals surface area contributed by atoms with Gasteiger partial charge in [-0.1, -0.05) is 21.1 Å². The average molecular weight is 358 g/mol. The van der Waals surface area contributed by atoms with Crippen LogP contribution in [-0.2, 0) is 4.74 Å². The first kappa shape index (κ1) is 16.1. The van der Waals surface area contributed by atoms with Crippen LogP contribution in [0.3, 0.4) is 0 Å². The summed E-state index contributed by atoms with van der Waals surface area (Å²) in [6.07, 6.45) is -0.266. The van der Waals surface area contributed by atoms with Gasteiger partial charge in [0.1, 0.15) is 0 Å². The maximum absolute atomic E-state index is 9.41. The summed E-state index contributed by atoms with van der Waals surface area (Å²) in [5.74, 6) is 0.0520. The van der Waals surface area contributed by atoms with Crippen LogP contribution in [0.5, 0.6) is 0 Å². The maximum Gasteiger partial charge on any atom is 0.172 e. The fourth-order valence-electron chi connectivity index (χ4n) is 2.62. The van der Waals surface area contributed by atoms with E-state index in [1.54, 1.807) is 6.07 Å². The number of ether oxygens (including phenoxy) is 1. The summed E-state index contributed by atoms with van der Waals surface area (Å²) in [6, 6.07) is 5.62. The van der Waals surface area contributed by atoms with E-state index in [1.165, 1.54) is 0 Å². The van der Waals surface area contributed by atoms with Gasteiger partial charge < -0.3 is 25.7 Å². The largest absolute Gasteiger partial charge is 0.409 e. The van der Waals surface area contributed by atoms with Crippen LogP contribution in [0.1, 0.15) is 19.4 Å². The predicted molar refractivity (Wildman–Crippen MR) is 84.9 cm³/mol. The monoisotopic (exact) mass is 357 g/mol. The number of nitrogens with two attached hydrogens (primary N) is 1. The van der Waals surface area contributed by atoms with E-state index in [2.05, 4.69) is 26.0 Å². The normalized spacial score (nSPS) is 22.4. The number of halogens is 1. The Bertz CT molecular complexity index is 548. The minimum absolute atomic E-state index is 0.0463. The molecule has 6 nitrogen and oxygen atoms in total. The smallest absolute Gasteiger partial charge is 0.172 e. The van der Waals surface area contributed by atoms with Crippen LogP contribution in [0, 0.1) is 0 Å². The SMILES string of the molecule is CC1(C)CN(c2ccc(Br)cc2/C(N)=N/O)CC(CO)O1. The zero-order chi connectivity index (χ0) is 15.6. The molecule has 0 saturated carbocycles. The molecule has 1 heterocycles. The number of benzene rings is 1. The second-order valence-electron chi connectivity index (χ2n) is 5.71. The first-order valence-corrected chi connectivity index (χ1v) is 7.46. The Morgan fingerprint density at radius 3 is 2.90 bits per heavy atom. The number of aliphatic hydroxyl groups is 1. The van der Waals surface area contributed by atoms with Crippen LogP contribution in [-0.4, -0.2) is 47.6 Å². The standard InChI is InChI=1S/C14H20BrN3O3/c1-14(2)8-18(6-10(7-19)21-14)12-4-3-9(15)5-11(12)13(16)17-20/h3-5,10,19-20H,6-8H2,1-2H3,(H2,16,17). The Balaban J connectivity index is 2.41. The van der Waals surface area contributed by atoms with Gasteiger partial charge in [-0.05, 0) is 32.0 Å². The van der Waals surface area contributed by atoms with Crippen molar-refractivity contribution in [2.75, 3.05) is 24.6 Å². The van der Waals surface area contributed by atoms with Gasteiger partial charge in [-0.15, -0.1) is 0 Å². The second-order valence-corrected chi connectivity index (χ2v) is 6.63. The van der Waals surface area contributed by atoms with E-state index in [0.717, 1.165) is 10.2 Å². The molecule has 1 aromatic carbocycles. The summed E-state index contributed by atoms with van der Waals surface area (Å²) < 4.78 is 6.66. The van der Waals surface area contributed by atoms with Crippen LogP contribution in [0.2, 0.25) is 0 Å². The number of aliphatic hydroxyl groups excluding tert-OH is 1. The fourth-order valence-corrected chi connectivity index (χ4v) is 2.98. The number of hydrogen-bond donors (Lipinski definition) is 3. The topological polar surface area (TPSA) is 91.3 Å². The van der Waals surface area contributed by atoms with Crippen molar-refractivity contribution in [1.29, 1.82) is 0 Å². The molecular formula is C14H20BrN3O3. The van der Waals surface area contributed by atoms with Gasteiger partial charge in [0.05, 0.1) is 18.3 Å². The lowest BCUT2D eigenvalue weighted by atomic mass is 10.0. The molecule has 0 spiro atoms. The lowest BCUT2D eigenvalue weighted by Crippen LogP contribution is -2.54. The Labute approximate surface area is 132 Å². The Morgan fingerprint density at radius 2 is 2.29 bits per heavy atom. The van der Waals surface area contributed by atoms with Gasteiger partial charge in [0.15, 0.2) is 5.84 Å². The molecule has 1 aliphatic heterocycles. The van der Waals surface area contributed by atoms with Gasteiger partial charge in [-0.25, -0.2) is 0 Å². The first-order chi connectivity index (χ1) is 9.86. The molecule has 0 radical (unpaired) electrons. The highest BCUT2D eigenvalue weighted by atomic mass is 79.9. The molecule has 1 unspecified atom stereocenters. The molecule has 0 bridgehead atoms. The number of anilines is 1. The van der Waals surface area contributed by atoms with Crippen molar-refractivity contribution in [3.8, 4) is 0 Å². The van der Waals surface area contributed by atoms with E-state index in [9.17, 15) is 5.11 Å². The lowest BCUT2D eigenvalue weighted by Gasteiger charge is -2.44. The Hall–Kier alpha value is -1.31. The van der Waals surface area contributed by atoms with Gasteiger partial charge in [0.25, 0.3) is 0 Å². The third kappa shape index (κ3) is 3.66. The molecule has 0 aliphatic carbocycles. The molecule has 0 amide bonds. The van der Waals surface area contributed by atoms with E-state index >= 15 is 0 Å². The Kier molecular flexibility index (Phi) is 4.75. The minimum Gasteiger partial charge on any atom is -0.409 e. The van der Waals surface area contributed by atoms with Crippen LogP contribution >= 0.6 is 15.9 Å². The molecule has 7 heteroatoms. The summed E-state index contributed by atoms with van der Waals surface area (Å²) in [6.45, 7) is 5.10. The summed E-state index contributed by atoms with van der Waals surface area (Å²) in [7, 11) is 0. The highest BCUT2D eigenvalue weighted by Gasteiger charge is 2.34. The van der Waals surface area contributed by atoms with E-state index in [4.69, 9.17) is 15.7 Å². The van der Waals surface area contributed by atoms with Gasteiger partial charge in [-0.3, -0.25) is 0 Å². The predicted octanol–water partition coefficient (Wildman–Crippen LogP) is 1.52. The van der Waals surface area contributed by atoms with Crippen molar-refractivity contribution in [3.63, 3.8) is 0 Å². The highest BCUT2D eigenvalue weighted by Crippen LogP contribution is 2.30. The molecule has 21 heavy (non-hydrogen) atoms.